The van der Waals surface area contributed by atoms with E-state index in [0.717, 1.165) is 6.42 Å². The highest BCUT2D eigenvalue weighted by Gasteiger charge is 2.24. The van der Waals surface area contributed by atoms with E-state index in [0.29, 0.717) is 0 Å². The number of rotatable bonds is 2. The normalized spacial score (nSPS) is 15.5. The Hall–Kier alpha value is -1.96. The molecule has 2 N–H and O–H groups in total. The van der Waals surface area contributed by atoms with Gasteiger partial charge in [0.25, 0.3) is 0 Å². The van der Waals surface area contributed by atoms with Gasteiger partial charge >= 0.3 is 0 Å². The van der Waals surface area contributed by atoms with Gasteiger partial charge in [-0.25, -0.2) is 0 Å². The van der Waals surface area contributed by atoms with Gasteiger partial charge in [-0.1, -0.05) is 0 Å². The standard InChI is InChI=1S/C19H24N2/c1-10-8-20-18(12(10)3)16-7-17(15(6)14(16)5)19-13(4)11(2)9-21-19/h8-9,20-21H,7H2,1-6H3. The lowest BCUT2D eigenvalue weighted by Crippen LogP contribution is -1.90. The number of H-pyrrole nitrogens is 2. The first kappa shape index (κ1) is 14.0. The first-order valence-electron chi connectivity index (χ1n) is 7.61. The molecule has 1 aliphatic carbocycles. The molecular weight excluding hydrogens is 256 g/mol. The first-order chi connectivity index (χ1) is 9.91. The lowest BCUT2D eigenvalue weighted by molar-refractivity contribution is 1.24. The molecule has 0 aliphatic heterocycles. The summed E-state index contributed by atoms with van der Waals surface area (Å²) in [6.07, 6.45) is 5.24. The zero-order valence-corrected chi connectivity index (χ0v) is 13.9. The zero-order valence-electron chi connectivity index (χ0n) is 13.9. The van der Waals surface area contributed by atoms with Crippen LogP contribution >= 0.6 is 0 Å². The lowest BCUT2D eigenvalue weighted by atomic mass is 10.00. The van der Waals surface area contributed by atoms with Crippen molar-refractivity contribution in [2.24, 2.45) is 0 Å². The molecule has 0 radical (unpaired) electrons. The SMILES string of the molecule is CC1=C(c2[nH]cc(C)c2C)CC(c2[nH]cc(C)c2C)=C1C. The summed E-state index contributed by atoms with van der Waals surface area (Å²) in [4.78, 5) is 6.93. The van der Waals surface area contributed by atoms with Crippen LogP contribution in [0.2, 0.25) is 0 Å². The summed E-state index contributed by atoms with van der Waals surface area (Å²) in [7, 11) is 0. The maximum atomic E-state index is 3.46. The predicted molar refractivity (Wildman–Crippen MR) is 90.3 cm³/mol. The van der Waals surface area contributed by atoms with Crippen molar-refractivity contribution in [3.63, 3.8) is 0 Å². The monoisotopic (exact) mass is 280 g/mol. The van der Waals surface area contributed by atoms with Crippen molar-refractivity contribution in [1.29, 1.82) is 0 Å². The Balaban J connectivity index is 2.04. The molecule has 0 spiro atoms. The minimum absolute atomic E-state index is 1.01. The van der Waals surface area contributed by atoms with Gasteiger partial charge < -0.3 is 9.97 Å². The van der Waals surface area contributed by atoms with E-state index in [1.54, 1.807) is 0 Å². The Morgan fingerprint density at radius 1 is 0.667 bits per heavy atom. The number of hydrogen-bond donors (Lipinski definition) is 2. The average molecular weight is 280 g/mol. The zero-order chi connectivity index (χ0) is 15.3. The van der Waals surface area contributed by atoms with Crippen molar-refractivity contribution in [3.8, 4) is 0 Å². The smallest absolute Gasteiger partial charge is 0.0451 e. The van der Waals surface area contributed by atoms with Gasteiger partial charge in [0, 0.05) is 30.2 Å². The molecule has 2 nitrogen and oxygen atoms in total. The highest BCUT2D eigenvalue weighted by Crippen LogP contribution is 2.43. The molecule has 0 aromatic carbocycles. The van der Waals surface area contributed by atoms with Crippen LogP contribution in [0.25, 0.3) is 11.1 Å². The Kier molecular flexibility index (Phi) is 3.20. The summed E-state index contributed by atoms with van der Waals surface area (Å²) >= 11 is 0. The van der Waals surface area contributed by atoms with Crippen molar-refractivity contribution in [1.82, 2.24) is 9.97 Å². The van der Waals surface area contributed by atoms with Gasteiger partial charge in [0.2, 0.25) is 0 Å². The Labute approximate surface area is 127 Å². The lowest BCUT2D eigenvalue weighted by Gasteiger charge is -2.07. The quantitative estimate of drug-likeness (QED) is 0.755. The number of aromatic nitrogens is 2. The molecule has 0 saturated carbocycles. The van der Waals surface area contributed by atoms with Gasteiger partial charge in [-0.05, 0) is 86.1 Å². The molecule has 0 fully saturated rings. The topological polar surface area (TPSA) is 31.6 Å². The summed E-state index contributed by atoms with van der Waals surface area (Å²) in [5.74, 6) is 0. The third-order valence-corrected chi connectivity index (χ3v) is 5.22. The molecule has 1 aliphatic rings. The van der Waals surface area contributed by atoms with Crippen LogP contribution < -0.4 is 0 Å². The molecule has 110 valence electrons. The molecule has 0 atom stereocenters. The average Bonchev–Trinajstić information content (AvgIpc) is 3.05. The molecule has 2 aromatic rings. The minimum Gasteiger partial charge on any atom is -0.361 e. The van der Waals surface area contributed by atoms with Crippen LogP contribution in [0.5, 0.6) is 0 Å². The molecule has 2 heterocycles. The molecule has 0 saturated heterocycles. The van der Waals surface area contributed by atoms with E-state index in [1.165, 1.54) is 55.9 Å². The summed E-state index contributed by atoms with van der Waals surface area (Å²) in [5, 5.41) is 0. The van der Waals surface area contributed by atoms with Crippen LogP contribution in [0.15, 0.2) is 23.5 Å². The Morgan fingerprint density at radius 3 is 1.33 bits per heavy atom. The van der Waals surface area contributed by atoms with E-state index in [-0.39, 0.29) is 0 Å². The van der Waals surface area contributed by atoms with Gasteiger partial charge in [0.15, 0.2) is 0 Å². The van der Waals surface area contributed by atoms with E-state index in [9.17, 15) is 0 Å². The second-order valence-electron chi connectivity index (χ2n) is 6.33. The highest BCUT2D eigenvalue weighted by molar-refractivity contribution is 5.91. The van der Waals surface area contributed by atoms with Crippen molar-refractivity contribution in [2.75, 3.05) is 0 Å². The fourth-order valence-electron chi connectivity index (χ4n) is 3.26. The van der Waals surface area contributed by atoms with Gasteiger partial charge in [-0.2, -0.15) is 0 Å². The molecule has 2 heteroatoms. The van der Waals surface area contributed by atoms with Gasteiger partial charge in [0.1, 0.15) is 0 Å². The summed E-state index contributed by atoms with van der Waals surface area (Å²) in [5.41, 5.74) is 13.8. The van der Waals surface area contributed by atoms with Crippen molar-refractivity contribution < 1.29 is 0 Å². The summed E-state index contributed by atoms with van der Waals surface area (Å²) in [6.45, 7) is 13.2. The van der Waals surface area contributed by atoms with E-state index >= 15 is 0 Å². The molecule has 0 unspecified atom stereocenters. The number of nitrogens with one attached hydrogen (secondary N) is 2. The Bertz CT molecular complexity index is 712. The van der Waals surface area contributed by atoms with Crippen molar-refractivity contribution >= 4 is 11.1 Å². The summed E-state index contributed by atoms with van der Waals surface area (Å²) in [6, 6.07) is 0. The Morgan fingerprint density at radius 2 is 1.05 bits per heavy atom. The maximum Gasteiger partial charge on any atom is 0.0451 e. The molecule has 21 heavy (non-hydrogen) atoms. The van der Waals surface area contributed by atoms with E-state index in [1.807, 2.05) is 0 Å². The van der Waals surface area contributed by atoms with Crippen molar-refractivity contribution in [3.05, 3.63) is 57.2 Å². The largest absolute Gasteiger partial charge is 0.361 e. The maximum absolute atomic E-state index is 3.46. The third kappa shape index (κ3) is 2.01. The van der Waals surface area contributed by atoms with E-state index in [2.05, 4.69) is 63.9 Å². The molecule has 0 bridgehead atoms. The van der Waals surface area contributed by atoms with Gasteiger partial charge in [-0.3, -0.25) is 0 Å². The molecule has 2 aromatic heterocycles. The summed E-state index contributed by atoms with van der Waals surface area (Å²) < 4.78 is 0. The fourth-order valence-corrected chi connectivity index (χ4v) is 3.26. The van der Waals surface area contributed by atoms with Crippen LogP contribution in [0, 0.1) is 27.7 Å². The number of allylic oxidation sites excluding steroid dienone is 4. The van der Waals surface area contributed by atoms with Gasteiger partial charge in [0.05, 0.1) is 0 Å². The van der Waals surface area contributed by atoms with Crippen LogP contribution in [0.3, 0.4) is 0 Å². The second-order valence-corrected chi connectivity index (χ2v) is 6.33. The first-order valence-corrected chi connectivity index (χ1v) is 7.61. The van der Waals surface area contributed by atoms with Gasteiger partial charge in [-0.15, -0.1) is 0 Å². The van der Waals surface area contributed by atoms with Crippen LogP contribution in [0.1, 0.15) is 53.9 Å². The second kappa shape index (κ2) is 4.80. The van der Waals surface area contributed by atoms with Crippen LogP contribution in [-0.4, -0.2) is 9.97 Å². The van der Waals surface area contributed by atoms with E-state index < -0.39 is 0 Å². The van der Waals surface area contributed by atoms with E-state index in [4.69, 9.17) is 0 Å². The number of aryl methyl sites for hydroxylation is 2. The van der Waals surface area contributed by atoms with Crippen LogP contribution in [0.4, 0.5) is 0 Å². The highest BCUT2D eigenvalue weighted by atomic mass is 14.7. The van der Waals surface area contributed by atoms with Crippen LogP contribution in [-0.2, 0) is 0 Å². The third-order valence-electron chi connectivity index (χ3n) is 5.22. The van der Waals surface area contributed by atoms with Crippen molar-refractivity contribution in [2.45, 2.75) is 48.0 Å². The number of aromatic amines is 2. The molecular formula is C19H24N2. The molecule has 3 rings (SSSR count). The number of hydrogen-bond acceptors (Lipinski definition) is 0. The fraction of sp³-hybridized carbons (Fsp3) is 0.368. The predicted octanol–water partition coefficient (Wildman–Crippen LogP) is 5.23. The molecule has 0 amide bonds. The minimum atomic E-state index is 1.01.